The molecule has 4 heteroatoms. The highest BCUT2D eigenvalue weighted by Crippen LogP contribution is 2.03. The summed E-state index contributed by atoms with van der Waals surface area (Å²) in [6.45, 7) is 1.48. The minimum atomic E-state index is 0. The van der Waals surface area contributed by atoms with Gasteiger partial charge in [-0.3, -0.25) is 4.68 Å². The minimum Gasteiger partial charge on any atom is -0.330 e. The van der Waals surface area contributed by atoms with Gasteiger partial charge in [0.05, 0.1) is 12.2 Å². The molecular formula is C12H16ClN3. The van der Waals surface area contributed by atoms with E-state index in [1.54, 1.807) is 0 Å². The van der Waals surface area contributed by atoms with E-state index in [-0.39, 0.29) is 12.4 Å². The molecule has 3 nitrogen and oxygen atoms in total. The van der Waals surface area contributed by atoms with Crippen LogP contribution in [0.4, 0.5) is 0 Å². The molecular weight excluding hydrogens is 222 g/mol. The summed E-state index contributed by atoms with van der Waals surface area (Å²) in [4.78, 5) is 0. The molecule has 86 valence electrons. The SMILES string of the molecule is Cl.NCCc1ccn(Cc2ccccc2)n1. The maximum absolute atomic E-state index is 5.47. The molecule has 2 aromatic rings. The van der Waals surface area contributed by atoms with Gasteiger partial charge in [0, 0.05) is 12.6 Å². The van der Waals surface area contributed by atoms with Crippen LogP contribution in [0.25, 0.3) is 0 Å². The largest absolute Gasteiger partial charge is 0.330 e. The number of halogens is 1. The van der Waals surface area contributed by atoms with E-state index in [0.29, 0.717) is 6.54 Å². The molecule has 0 unspecified atom stereocenters. The lowest BCUT2D eigenvalue weighted by Gasteiger charge is -2.00. The Kier molecular flexibility index (Phi) is 5.02. The van der Waals surface area contributed by atoms with Crippen LogP contribution in [-0.2, 0) is 13.0 Å². The van der Waals surface area contributed by atoms with Gasteiger partial charge in [-0.2, -0.15) is 5.10 Å². The zero-order valence-corrected chi connectivity index (χ0v) is 9.86. The number of hydrogen-bond donors (Lipinski definition) is 1. The van der Waals surface area contributed by atoms with Crippen LogP contribution in [0.15, 0.2) is 42.6 Å². The molecule has 0 aliphatic rings. The Morgan fingerprint density at radius 1 is 1.12 bits per heavy atom. The van der Waals surface area contributed by atoms with Crippen LogP contribution in [0.3, 0.4) is 0 Å². The van der Waals surface area contributed by atoms with E-state index in [2.05, 4.69) is 17.2 Å². The topological polar surface area (TPSA) is 43.8 Å². The van der Waals surface area contributed by atoms with Gasteiger partial charge in [0.15, 0.2) is 0 Å². The van der Waals surface area contributed by atoms with Crippen molar-refractivity contribution in [3.8, 4) is 0 Å². The molecule has 0 saturated heterocycles. The van der Waals surface area contributed by atoms with Crippen molar-refractivity contribution in [1.29, 1.82) is 0 Å². The molecule has 0 saturated carbocycles. The lowest BCUT2D eigenvalue weighted by atomic mass is 10.2. The molecule has 1 aromatic heterocycles. The molecule has 1 aromatic carbocycles. The third-order valence-electron chi connectivity index (χ3n) is 2.28. The highest BCUT2D eigenvalue weighted by molar-refractivity contribution is 5.85. The first-order chi connectivity index (χ1) is 7.38. The summed E-state index contributed by atoms with van der Waals surface area (Å²) in [5.74, 6) is 0. The van der Waals surface area contributed by atoms with Crippen molar-refractivity contribution in [3.63, 3.8) is 0 Å². The molecule has 16 heavy (non-hydrogen) atoms. The van der Waals surface area contributed by atoms with Gasteiger partial charge in [-0.05, 0) is 18.2 Å². The molecule has 0 bridgehead atoms. The molecule has 2 N–H and O–H groups in total. The number of nitrogens with two attached hydrogens (primary N) is 1. The van der Waals surface area contributed by atoms with Gasteiger partial charge in [0.25, 0.3) is 0 Å². The number of benzene rings is 1. The van der Waals surface area contributed by atoms with Gasteiger partial charge in [0.1, 0.15) is 0 Å². The number of rotatable bonds is 4. The van der Waals surface area contributed by atoms with E-state index in [1.165, 1.54) is 5.56 Å². The molecule has 0 aliphatic heterocycles. The Balaban J connectivity index is 0.00000128. The average molecular weight is 238 g/mol. The fraction of sp³-hybridized carbons (Fsp3) is 0.250. The van der Waals surface area contributed by atoms with E-state index in [4.69, 9.17) is 5.73 Å². The molecule has 0 radical (unpaired) electrons. The second-order valence-electron chi connectivity index (χ2n) is 3.53. The second-order valence-corrected chi connectivity index (χ2v) is 3.53. The summed E-state index contributed by atoms with van der Waals surface area (Å²) >= 11 is 0. The summed E-state index contributed by atoms with van der Waals surface area (Å²) in [7, 11) is 0. The van der Waals surface area contributed by atoms with Crippen LogP contribution in [-0.4, -0.2) is 16.3 Å². The summed E-state index contributed by atoms with van der Waals surface area (Å²) in [6.07, 6.45) is 2.85. The molecule has 0 fully saturated rings. The highest BCUT2D eigenvalue weighted by atomic mass is 35.5. The zero-order chi connectivity index (χ0) is 10.5. The molecule has 2 rings (SSSR count). The predicted molar refractivity (Wildman–Crippen MR) is 67.8 cm³/mol. The van der Waals surface area contributed by atoms with E-state index < -0.39 is 0 Å². The van der Waals surface area contributed by atoms with E-state index >= 15 is 0 Å². The van der Waals surface area contributed by atoms with Crippen LogP contribution in [0.2, 0.25) is 0 Å². The number of nitrogens with zero attached hydrogens (tertiary/aromatic N) is 2. The zero-order valence-electron chi connectivity index (χ0n) is 9.04. The van der Waals surface area contributed by atoms with Gasteiger partial charge in [-0.15, -0.1) is 12.4 Å². The van der Waals surface area contributed by atoms with Crippen LogP contribution in [0, 0.1) is 0 Å². The van der Waals surface area contributed by atoms with Crippen molar-refractivity contribution in [2.75, 3.05) is 6.54 Å². The van der Waals surface area contributed by atoms with Crippen LogP contribution < -0.4 is 5.73 Å². The second kappa shape index (κ2) is 6.30. The van der Waals surface area contributed by atoms with Crippen molar-refractivity contribution in [1.82, 2.24) is 9.78 Å². The fourth-order valence-corrected chi connectivity index (χ4v) is 1.54. The fourth-order valence-electron chi connectivity index (χ4n) is 1.54. The quantitative estimate of drug-likeness (QED) is 0.882. The summed E-state index contributed by atoms with van der Waals surface area (Å²) in [6, 6.07) is 12.3. The van der Waals surface area contributed by atoms with Crippen molar-refractivity contribution in [2.24, 2.45) is 5.73 Å². The third-order valence-corrected chi connectivity index (χ3v) is 2.28. The molecule has 0 aliphatic carbocycles. The maximum Gasteiger partial charge on any atom is 0.0659 e. The Labute approximate surface area is 102 Å². The molecule has 1 heterocycles. The van der Waals surface area contributed by atoms with Crippen molar-refractivity contribution in [2.45, 2.75) is 13.0 Å². The monoisotopic (exact) mass is 237 g/mol. The van der Waals surface area contributed by atoms with Gasteiger partial charge in [0.2, 0.25) is 0 Å². The van der Waals surface area contributed by atoms with Crippen molar-refractivity contribution < 1.29 is 0 Å². The lowest BCUT2D eigenvalue weighted by Crippen LogP contribution is -2.05. The minimum absolute atomic E-state index is 0. The van der Waals surface area contributed by atoms with Crippen molar-refractivity contribution >= 4 is 12.4 Å². The Bertz CT molecular complexity index is 411. The van der Waals surface area contributed by atoms with Gasteiger partial charge in [-0.25, -0.2) is 0 Å². The normalized spacial score (nSPS) is 9.81. The smallest absolute Gasteiger partial charge is 0.0659 e. The van der Waals surface area contributed by atoms with Gasteiger partial charge < -0.3 is 5.73 Å². The Morgan fingerprint density at radius 2 is 1.88 bits per heavy atom. The number of aromatic nitrogens is 2. The van der Waals surface area contributed by atoms with Crippen LogP contribution >= 0.6 is 12.4 Å². The standard InChI is InChI=1S/C12H15N3.ClH/c13-8-6-12-7-9-15(14-12)10-11-4-2-1-3-5-11;/h1-5,7,9H,6,8,10,13H2;1H. The molecule has 0 spiro atoms. The highest BCUT2D eigenvalue weighted by Gasteiger charge is 1.98. The Morgan fingerprint density at radius 3 is 2.56 bits per heavy atom. The first-order valence-electron chi connectivity index (χ1n) is 5.15. The molecule has 0 atom stereocenters. The first kappa shape index (κ1) is 12.7. The van der Waals surface area contributed by atoms with E-state index in [1.807, 2.05) is 35.1 Å². The van der Waals surface area contributed by atoms with E-state index in [0.717, 1.165) is 18.7 Å². The average Bonchev–Trinajstić information content (AvgIpc) is 2.68. The van der Waals surface area contributed by atoms with Crippen LogP contribution in [0.1, 0.15) is 11.3 Å². The third kappa shape index (κ3) is 3.36. The lowest BCUT2D eigenvalue weighted by molar-refractivity contribution is 0.670. The van der Waals surface area contributed by atoms with Crippen molar-refractivity contribution in [3.05, 3.63) is 53.9 Å². The van der Waals surface area contributed by atoms with Crippen LogP contribution in [0.5, 0.6) is 0 Å². The first-order valence-corrected chi connectivity index (χ1v) is 5.15. The molecule has 0 amide bonds. The summed E-state index contributed by atoms with van der Waals surface area (Å²) in [5.41, 5.74) is 7.80. The summed E-state index contributed by atoms with van der Waals surface area (Å²) < 4.78 is 1.94. The predicted octanol–water partition coefficient (Wildman–Crippen LogP) is 1.85. The Hall–Kier alpha value is -1.32. The van der Waals surface area contributed by atoms with Gasteiger partial charge >= 0.3 is 0 Å². The maximum atomic E-state index is 5.47. The number of hydrogen-bond acceptors (Lipinski definition) is 2. The summed E-state index contributed by atoms with van der Waals surface area (Å²) in [5, 5.41) is 4.43. The van der Waals surface area contributed by atoms with Gasteiger partial charge in [-0.1, -0.05) is 30.3 Å². The van der Waals surface area contributed by atoms with E-state index in [9.17, 15) is 0 Å².